The first-order valence-electron chi connectivity index (χ1n) is 9.60. The number of ketones is 1. The largest absolute Gasteiger partial charge is 0.408 e. The Labute approximate surface area is 180 Å². The normalized spacial score (nSPS) is 13.8. The number of nitrogens with one attached hydrogen (secondary N) is 2. The van der Waals surface area contributed by atoms with Crippen LogP contribution in [0.2, 0.25) is 0 Å². The van der Waals surface area contributed by atoms with E-state index < -0.39 is 35.6 Å². The summed E-state index contributed by atoms with van der Waals surface area (Å²) < 4.78 is 53.2. The maximum atomic E-state index is 13.5. The molecule has 1 aliphatic rings. The second-order valence-electron chi connectivity index (χ2n) is 7.38. The summed E-state index contributed by atoms with van der Waals surface area (Å²) in [5.41, 5.74) is 0.474. The fourth-order valence-electron chi connectivity index (χ4n) is 3.65. The van der Waals surface area contributed by atoms with Crippen LogP contribution in [0.1, 0.15) is 51.0 Å². The summed E-state index contributed by atoms with van der Waals surface area (Å²) in [4.78, 5) is 37.8. The molecule has 0 bridgehead atoms. The van der Waals surface area contributed by atoms with Crippen molar-refractivity contribution in [1.29, 1.82) is 5.26 Å². The first kappa shape index (κ1) is 23.0. The Morgan fingerprint density at radius 2 is 1.94 bits per heavy atom. The number of nitriles is 1. The molecule has 7 nitrogen and oxygen atoms in total. The van der Waals surface area contributed by atoms with Crippen molar-refractivity contribution in [3.8, 4) is 6.07 Å². The van der Waals surface area contributed by atoms with Crippen LogP contribution in [-0.2, 0) is 17.8 Å². The third-order valence-corrected chi connectivity index (χ3v) is 5.24. The highest BCUT2D eigenvalue weighted by atomic mass is 19.4. The molecule has 2 heterocycles. The van der Waals surface area contributed by atoms with Gasteiger partial charge in [0.1, 0.15) is 17.9 Å². The number of amides is 2. The van der Waals surface area contributed by atoms with E-state index >= 15 is 0 Å². The number of nitrogens with zero attached hydrogens (tertiary/aromatic N) is 2. The number of halogens is 4. The minimum Gasteiger partial charge on any atom is -0.341 e. The molecule has 1 aromatic carbocycles. The van der Waals surface area contributed by atoms with E-state index in [1.54, 1.807) is 11.4 Å². The van der Waals surface area contributed by atoms with E-state index in [1.165, 1.54) is 17.6 Å². The number of hydrogen-bond donors (Lipinski definition) is 2. The van der Waals surface area contributed by atoms with Gasteiger partial charge in [-0.05, 0) is 50.5 Å². The van der Waals surface area contributed by atoms with Crippen molar-refractivity contribution in [2.45, 2.75) is 45.5 Å². The summed E-state index contributed by atoms with van der Waals surface area (Å²) in [6.45, 7) is 2.47. The number of hydrogen-bond acceptors (Lipinski definition) is 4. The zero-order valence-electron chi connectivity index (χ0n) is 17.1. The van der Waals surface area contributed by atoms with Crippen LogP contribution in [0.4, 0.5) is 23.2 Å². The lowest BCUT2D eigenvalue weighted by Crippen LogP contribution is -2.46. The standard InChI is InChI=1S/C21H18F4N4O3/c1-10-16(19(31)28-13-5-6-14(22)12(8-13)9-26)15-4-3-7-29(15)17(10)18(30)20(32)27-11(2)21(23,24)25/h5-6,8,11H,3-4,7H2,1-2H3,(H,27,32)(H,28,31)/t11-/m0/s1. The SMILES string of the molecule is Cc1c(C(=O)Nc2ccc(F)c(C#N)c2)c2n(c1C(=O)C(=O)N[C@@H](C)C(F)(F)F)CCC2. The highest BCUT2D eigenvalue weighted by Gasteiger charge is 2.39. The summed E-state index contributed by atoms with van der Waals surface area (Å²) in [7, 11) is 0. The zero-order valence-corrected chi connectivity index (χ0v) is 17.1. The van der Waals surface area contributed by atoms with Gasteiger partial charge in [-0.2, -0.15) is 18.4 Å². The Morgan fingerprint density at radius 1 is 1.25 bits per heavy atom. The number of carbonyl (C=O) groups excluding carboxylic acids is 3. The predicted octanol–water partition coefficient (Wildman–Crippen LogP) is 3.26. The monoisotopic (exact) mass is 450 g/mol. The summed E-state index contributed by atoms with van der Waals surface area (Å²) >= 11 is 0. The fourth-order valence-corrected chi connectivity index (χ4v) is 3.65. The average Bonchev–Trinajstić information content (AvgIpc) is 3.27. The van der Waals surface area contributed by atoms with Gasteiger partial charge in [0.05, 0.1) is 16.8 Å². The van der Waals surface area contributed by atoms with Gasteiger partial charge in [0.15, 0.2) is 0 Å². The second kappa shape index (κ2) is 8.45. The molecule has 1 aromatic heterocycles. The van der Waals surface area contributed by atoms with Crippen LogP contribution in [-0.4, -0.2) is 34.4 Å². The Kier molecular flexibility index (Phi) is 6.07. The molecule has 0 saturated heterocycles. The van der Waals surface area contributed by atoms with Crippen LogP contribution < -0.4 is 10.6 Å². The summed E-state index contributed by atoms with van der Waals surface area (Å²) in [5, 5.41) is 13.1. The van der Waals surface area contributed by atoms with Gasteiger partial charge in [-0.25, -0.2) is 4.39 Å². The highest BCUT2D eigenvalue weighted by molar-refractivity contribution is 6.43. The minimum atomic E-state index is -4.71. The number of fused-ring (bicyclic) bond motifs is 1. The van der Waals surface area contributed by atoms with E-state index in [4.69, 9.17) is 5.26 Å². The van der Waals surface area contributed by atoms with Gasteiger partial charge in [-0.3, -0.25) is 14.4 Å². The molecular weight excluding hydrogens is 432 g/mol. The van der Waals surface area contributed by atoms with Crippen molar-refractivity contribution in [2.75, 3.05) is 5.32 Å². The molecule has 1 aliphatic heterocycles. The van der Waals surface area contributed by atoms with Gasteiger partial charge >= 0.3 is 6.18 Å². The van der Waals surface area contributed by atoms with Gasteiger partial charge in [0.25, 0.3) is 17.6 Å². The molecule has 2 N–H and O–H groups in total. The molecule has 0 fully saturated rings. The van der Waals surface area contributed by atoms with Gasteiger partial charge in [0.2, 0.25) is 0 Å². The molecule has 0 unspecified atom stereocenters. The van der Waals surface area contributed by atoms with E-state index in [-0.39, 0.29) is 28.1 Å². The van der Waals surface area contributed by atoms with Crippen molar-refractivity contribution in [3.63, 3.8) is 0 Å². The van der Waals surface area contributed by atoms with Crippen LogP contribution in [0.25, 0.3) is 0 Å². The molecule has 1 atom stereocenters. The molecule has 2 amide bonds. The third kappa shape index (κ3) is 4.21. The fraction of sp³-hybridized carbons (Fsp3) is 0.333. The maximum Gasteiger partial charge on any atom is 0.408 e. The lowest BCUT2D eigenvalue weighted by molar-refractivity contribution is -0.156. The van der Waals surface area contributed by atoms with Gasteiger partial charge in [-0.1, -0.05) is 0 Å². The quantitative estimate of drug-likeness (QED) is 0.415. The zero-order chi connectivity index (χ0) is 23.8. The Morgan fingerprint density at radius 3 is 2.56 bits per heavy atom. The molecule has 3 rings (SSSR count). The lowest BCUT2D eigenvalue weighted by Gasteiger charge is -2.17. The molecule has 2 aromatic rings. The van der Waals surface area contributed by atoms with E-state index in [0.717, 1.165) is 19.1 Å². The molecule has 168 valence electrons. The van der Waals surface area contributed by atoms with Crippen LogP contribution in [0.3, 0.4) is 0 Å². The molecule has 32 heavy (non-hydrogen) atoms. The molecule has 0 saturated carbocycles. The average molecular weight is 450 g/mol. The van der Waals surface area contributed by atoms with E-state index in [0.29, 0.717) is 25.1 Å². The highest BCUT2D eigenvalue weighted by Crippen LogP contribution is 2.30. The lowest BCUT2D eigenvalue weighted by atomic mass is 10.0. The smallest absolute Gasteiger partial charge is 0.341 e. The Balaban J connectivity index is 1.92. The van der Waals surface area contributed by atoms with E-state index in [9.17, 15) is 31.9 Å². The minimum absolute atomic E-state index is 0.116. The van der Waals surface area contributed by atoms with E-state index in [2.05, 4.69) is 5.32 Å². The summed E-state index contributed by atoms with van der Waals surface area (Å²) in [6.07, 6.45) is -3.72. The van der Waals surface area contributed by atoms with Crippen molar-refractivity contribution in [1.82, 2.24) is 9.88 Å². The first-order valence-corrected chi connectivity index (χ1v) is 9.60. The number of carbonyl (C=O) groups is 3. The molecular formula is C21H18F4N4O3. The van der Waals surface area contributed by atoms with Crippen LogP contribution >= 0.6 is 0 Å². The number of alkyl halides is 3. The van der Waals surface area contributed by atoms with Crippen molar-refractivity contribution in [3.05, 3.63) is 52.1 Å². The van der Waals surface area contributed by atoms with Crippen LogP contribution in [0.5, 0.6) is 0 Å². The molecule has 0 spiro atoms. The number of anilines is 1. The number of benzene rings is 1. The van der Waals surface area contributed by atoms with Crippen LogP contribution in [0.15, 0.2) is 18.2 Å². The second-order valence-corrected chi connectivity index (χ2v) is 7.38. The number of aromatic nitrogens is 1. The third-order valence-electron chi connectivity index (χ3n) is 5.24. The predicted molar refractivity (Wildman–Crippen MR) is 105 cm³/mol. The van der Waals surface area contributed by atoms with Gasteiger partial charge in [0, 0.05) is 17.9 Å². The van der Waals surface area contributed by atoms with Crippen molar-refractivity contribution in [2.24, 2.45) is 0 Å². The summed E-state index contributed by atoms with van der Waals surface area (Å²) in [5.74, 6) is -3.99. The van der Waals surface area contributed by atoms with Crippen molar-refractivity contribution < 1.29 is 31.9 Å². The summed E-state index contributed by atoms with van der Waals surface area (Å²) in [6, 6.07) is 2.87. The first-order chi connectivity index (χ1) is 15.0. The number of rotatable bonds is 5. The number of Topliss-reactive ketones (excluding diaryl/α,β-unsaturated/α-hetero) is 1. The van der Waals surface area contributed by atoms with Crippen molar-refractivity contribution >= 4 is 23.3 Å². The van der Waals surface area contributed by atoms with Gasteiger partial charge < -0.3 is 15.2 Å². The molecule has 0 aliphatic carbocycles. The topological polar surface area (TPSA) is 104 Å². The van der Waals surface area contributed by atoms with Crippen LogP contribution in [0, 0.1) is 24.1 Å². The maximum absolute atomic E-state index is 13.5. The Bertz CT molecular complexity index is 1160. The molecule has 11 heteroatoms. The Hall–Kier alpha value is -3.68. The van der Waals surface area contributed by atoms with E-state index in [1.807, 2.05) is 0 Å². The van der Waals surface area contributed by atoms with Gasteiger partial charge in [-0.15, -0.1) is 0 Å². The molecule has 0 radical (unpaired) electrons.